The Morgan fingerprint density at radius 1 is 1.32 bits per heavy atom. The standard InChI is InChI=1S/C13H11N3O3/c1-9-5-6-10(8-11(9)16(18)19)13(17)15-12-4-2-3-7-14-12/h2-8H,1H3,(H,14,15,17). The summed E-state index contributed by atoms with van der Waals surface area (Å²) < 4.78 is 0. The first kappa shape index (κ1) is 12.7. The summed E-state index contributed by atoms with van der Waals surface area (Å²) in [6, 6.07) is 9.45. The summed E-state index contributed by atoms with van der Waals surface area (Å²) >= 11 is 0. The smallest absolute Gasteiger partial charge is 0.273 e. The number of nitro groups is 1. The fourth-order valence-electron chi connectivity index (χ4n) is 1.57. The van der Waals surface area contributed by atoms with E-state index in [9.17, 15) is 14.9 Å². The lowest BCUT2D eigenvalue weighted by atomic mass is 10.1. The molecule has 2 rings (SSSR count). The number of anilines is 1. The van der Waals surface area contributed by atoms with Crippen LogP contribution in [0, 0.1) is 17.0 Å². The first-order valence-electron chi connectivity index (χ1n) is 5.55. The van der Waals surface area contributed by atoms with Gasteiger partial charge >= 0.3 is 0 Å². The summed E-state index contributed by atoms with van der Waals surface area (Å²) in [6.07, 6.45) is 1.55. The van der Waals surface area contributed by atoms with Crippen LogP contribution in [0.25, 0.3) is 0 Å². The minimum atomic E-state index is -0.507. The predicted molar refractivity (Wildman–Crippen MR) is 70.0 cm³/mol. The molecule has 0 saturated heterocycles. The second-order valence-corrected chi connectivity index (χ2v) is 3.93. The molecule has 0 saturated carbocycles. The molecule has 6 nitrogen and oxygen atoms in total. The average molecular weight is 257 g/mol. The van der Waals surface area contributed by atoms with Gasteiger partial charge in [0.15, 0.2) is 0 Å². The quantitative estimate of drug-likeness (QED) is 0.676. The highest BCUT2D eigenvalue weighted by molar-refractivity contribution is 6.04. The second kappa shape index (κ2) is 5.26. The molecule has 1 heterocycles. The van der Waals surface area contributed by atoms with Crippen LogP contribution >= 0.6 is 0 Å². The molecule has 96 valence electrons. The highest BCUT2D eigenvalue weighted by Gasteiger charge is 2.15. The SMILES string of the molecule is Cc1ccc(C(=O)Nc2ccccn2)cc1[N+](=O)[O-]. The van der Waals surface area contributed by atoms with Crippen molar-refractivity contribution < 1.29 is 9.72 Å². The fraction of sp³-hybridized carbons (Fsp3) is 0.0769. The van der Waals surface area contributed by atoms with Crippen molar-refractivity contribution in [1.82, 2.24) is 4.98 Å². The van der Waals surface area contributed by atoms with Crippen LogP contribution in [0.1, 0.15) is 15.9 Å². The predicted octanol–water partition coefficient (Wildman–Crippen LogP) is 2.55. The van der Waals surface area contributed by atoms with Gasteiger partial charge in [-0.25, -0.2) is 4.98 Å². The monoisotopic (exact) mass is 257 g/mol. The molecule has 1 aromatic carbocycles. The van der Waals surface area contributed by atoms with Gasteiger partial charge in [0.2, 0.25) is 0 Å². The maximum Gasteiger partial charge on any atom is 0.273 e. The summed E-state index contributed by atoms with van der Waals surface area (Å²) in [5.41, 5.74) is 0.663. The van der Waals surface area contributed by atoms with Gasteiger partial charge in [-0.3, -0.25) is 14.9 Å². The van der Waals surface area contributed by atoms with Crippen LogP contribution in [0.5, 0.6) is 0 Å². The van der Waals surface area contributed by atoms with E-state index in [1.807, 2.05) is 0 Å². The minimum absolute atomic E-state index is 0.0753. The maximum absolute atomic E-state index is 11.9. The number of rotatable bonds is 3. The van der Waals surface area contributed by atoms with Gasteiger partial charge in [0.1, 0.15) is 5.82 Å². The summed E-state index contributed by atoms with van der Waals surface area (Å²) in [6.45, 7) is 1.62. The first-order chi connectivity index (χ1) is 9.08. The zero-order valence-corrected chi connectivity index (χ0v) is 10.2. The van der Waals surface area contributed by atoms with Crippen LogP contribution in [0.4, 0.5) is 11.5 Å². The summed E-state index contributed by atoms with van der Waals surface area (Å²) in [7, 11) is 0. The molecule has 0 atom stereocenters. The third-order valence-electron chi connectivity index (χ3n) is 2.57. The Balaban J connectivity index is 2.25. The maximum atomic E-state index is 11.9. The molecule has 0 fully saturated rings. The molecule has 0 bridgehead atoms. The Bertz CT molecular complexity index is 626. The molecule has 6 heteroatoms. The van der Waals surface area contributed by atoms with E-state index in [4.69, 9.17) is 0 Å². The summed E-state index contributed by atoms with van der Waals surface area (Å²) in [5.74, 6) is -0.0301. The number of pyridine rings is 1. The van der Waals surface area contributed by atoms with Crippen molar-refractivity contribution in [2.75, 3.05) is 5.32 Å². The lowest BCUT2D eigenvalue weighted by Crippen LogP contribution is -2.13. The van der Waals surface area contributed by atoms with E-state index in [1.165, 1.54) is 6.07 Å². The Hall–Kier alpha value is -2.76. The number of carbonyl (C=O) groups excluding carboxylic acids is 1. The number of nitrogens with zero attached hydrogens (tertiary/aromatic N) is 2. The van der Waals surface area contributed by atoms with Crippen LogP contribution in [-0.2, 0) is 0 Å². The highest BCUT2D eigenvalue weighted by Crippen LogP contribution is 2.19. The molecule has 1 amide bonds. The Morgan fingerprint density at radius 2 is 2.11 bits per heavy atom. The van der Waals surface area contributed by atoms with Crippen LogP contribution in [0.15, 0.2) is 42.6 Å². The van der Waals surface area contributed by atoms with E-state index >= 15 is 0 Å². The van der Waals surface area contributed by atoms with Gasteiger partial charge in [-0.05, 0) is 25.1 Å². The third-order valence-corrected chi connectivity index (χ3v) is 2.57. The lowest BCUT2D eigenvalue weighted by molar-refractivity contribution is -0.385. The van der Waals surface area contributed by atoms with Crippen molar-refractivity contribution in [2.45, 2.75) is 6.92 Å². The topological polar surface area (TPSA) is 85.1 Å². The van der Waals surface area contributed by atoms with Gasteiger partial charge in [-0.2, -0.15) is 0 Å². The van der Waals surface area contributed by atoms with Crippen molar-refractivity contribution in [3.63, 3.8) is 0 Å². The van der Waals surface area contributed by atoms with Crippen LogP contribution < -0.4 is 5.32 Å². The van der Waals surface area contributed by atoms with Crippen LogP contribution in [0.3, 0.4) is 0 Å². The van der Waals surface area contributed by atoms with Gasteiger partial charge in [0, 0.05) is 23.4 Å². The van der Waals surface area contributed by atoms with Gasteiger partial charge < -0.3 is 5.32 Å². The van der Waals surface area contributed by atoms with Crippen molar-refractivity contribution in [1.29, 1.82) is 0 Å². The molecule has 1 N–H and O–H groups in total. The number of aromatic nitrogens is 1. The molecule has 0 aliphatic carbocycles. The third kappa shape index (κ3) is 2.92. The Morgan fingerprint density at radius 3 is 2.74 bits per heavy atom. The fourth-order valence-corrected chi connectivity index (χ4v) is 1.57. The molecule has 0 aliphatic heterocycles. The number of aryl methyl sites for hydroxylation is 1. The minimum Gasteiger partial charge on any atom is -0.307 e. The molecule has 2 aromatic rings. The molecule has 1 aromatic heterocycles. The zero-order chi connectivity index (χ0) is 13.8. The van der Waals surface area contributed by atoms with E-state index in [1.54, 1.807) is 43.5 Å². The summed E-state index contributed by atoms with van der Waals surface area (Å²) in [4.78, 5) is 26.2. The Kier molecular flexibility index (Phi) is 3.51. The molecule has 19 heavy (non-hydrogen) atoms. The van der Waals surface area contributed by atoms with Gasteiger partial charge in [0.05, 0.1) is 4.92 Å². The number of carbonyl (C=O) groups is 1. The van der Waals surface area contributed by atoms with Gasteiger partial charge in [0.25, 0.3) is 11.6 Å². The molecule has 0 radical (unpaired) electrons. The van der Waals surface area contributed by atoms with E-state index in [0.29, 0.717) is 11.4 Å². The van der Waals surface area contributed by atoms with Crippen LogP contribution in [0.2, 0.25) is 0 Å². The van der Waals surface area contributed by atoms with E-state index in [-0.39, 0.29) is 11.3 Å². The number of nitro benzene ring substituents is 1. The number of nitrogens with one attached hydrogen (secondary N) is 1. The van der Waals surface area contributed by atoms with E-state index < -0.39 is 10.8 Å². The molecule has 0 spiro atoms. The van der Waals surface area contributed by atoms with Crippen molar-refractivity contribution >= 4 is 17.4 Å². The van der Waals surface area contributed by atoms with Crippen molar-refractivity contribution in [3.8, 4) is 0 Å². The van der Waals surface area contributed by atoms with Crippen molar-refractivity contribution in [2.24, 2.45) is 0 Å². The number of hydrogen-bond acceptors (Lipinski definition) is 4. The number of amides is 1. The van der Waals surface area contributed by atoms with Gasteiger partial charge in [-0.1, -0.05) is 12.1 Å². The molecular formula is C13H11N3O3. The average Bonchev–Trinajstić information content (AvgIpc) is 2.40. The van der Waals surface area contributed by atoms with Crippen molar-refractivity contribution in [3.05, 3.63) is 63.8 Å². The van der Waals surface area contributed by atoms with E-state index in [2.05, 4.69) is 10.3 Å². The van der Waals surface area contributed by atoms with E-state index in [0.717, 1.165) is 0 Å². The van der Waals surface area contributed by atoms with Crippen LogP contribution in [-0.4, -0.2) is 15.8 Å². The largest absolute Gasteiger partial charge is 0.307 e. The number of hydrogen-bond donors (Lipinski definition) is 1. The zero-order valence-electron chi connectivity index (χ0n) is 10.2. The molecular weight excluding hydrogens is 246 g/mol. The first-order valence-corrected chi connectivity index (χ1v) is 5.55. The second-order valence-electron chi connectivity index (χ2n) is 3.93. The molecule has 0 aliphatic rings. The normalized spacial score (nSPS) is 9.95. The summed E-state index contributed by atoms with van der Waals surface area (Å²) in [5, 5.41) is 13.4. The Labute approximate surface area is 109 Å². The highest BCUT2D eigenvalue weighted by atomic mass is 16.6. The number of benzene rings is 1. The van der Waals surface area contributed by atoms with Gasteiger partial charge in [-0.15, -0.1) is 0 Å². The molecule has 0 unspecified atom stereocenters. The lowest BCUT2D eigenvalue weighted by Gasteiger charge is -2.04.